The van der Waals surface area contributed by atoms with Crippen molar-refractivity contribution in [2.75, 3.05) is 6.54 Å². The summed E-state index contributed by atoms with van der Waals surface area (Å²) in [6.45, 7) is 1.58. The summed E-state index contributed by atoms with van der Waals surface area (Å²) < 4.78 is 18.0. The molecule has 0 bridgehead atoms. The molecule has 1 spiro atoms. The number of ether oxygens (including phenoxy) is 1. The number of esters is 1. The second-order valence-electron chi connectivity index (χ2n) is 7.28. The van der Waals surface area contributed by atoms with Crippen LogP contribution in [0.1, 0.15) is 55.8 Å². The summed E-state index contributed by atoms with van der Waals surface area (Å²) in [4.78, 5) is 49.9. The lowest BCUT2D eigenvalue weighted by atomic mass is 9.98. The minimum Gasteiger partial charge on any atom is -0.454 e. The molecule has 1 aromatic carbocycles. The molecular formula is C20H23FN2O5. The maximum Gasteiger partial charge on any atom is 0.325 e. The summed E-state index contributed by atoms with van der Waals surface area (Å²) in [6.07, 6.45) is 2.35. The van der Waals surface area contributed by atoms with Gasteiger partial charge in [-0.25, -0.2) is 9.18 Å². The van der Waals surface area contributed by atoms with Gasteiger partial charge >= 0.3 is 12.0 Å². The van der Waals surface area contributed by atoms with Crippen molar-refractivity contribution >= 4 is 23.7 Å². The fourth-order valence-electron chi connectivity index (χ4n) is 3.74. The zero-order chi connectivity index (χ0) is 20.3. The van der Waals surface area contributed by atoms with Gasteiger partial charge in [0.25, 0.3) is 5.91 Å². The molecule has 1 aromatic rings. The molecule has 8 heteroatoms. The lowest BCUT2D eigenvalue weighted by Crippen LogP contribution is -2.44. The average Bonchev–Trinajstić information content (AvgIpc) is 3.22. The molecule has 0 radical (unpaired) electrons. The molecule has 3 amide bonds. The molecule has 1 aliphatic heterocycles. The smallest absolute Gasteiger partial charge is 0.325 e. The molecule has 0 aromatic heterocycles. The van der Waals surface area contributed by atoms with Gasteiger partial charge in [0, 0.05) is 18.5 Å². The number of Topliss-reactive ketones (excluding diaryl/α,β-unsaturated/α-hetero) is 1. The van der Waals surface area contributed by atoms with E-state index in [1.807, 2.05) is 0 Å². The van der Waals surface area contributed by atoms with E-state index in [-0.39, 0.29) is 30.9 Å². The van der Waals surface area contributed by atoms with Crippen LogP contribution in [-0.4, -0.2) is 46.8 Å². The van der Waals surface area contributed by atoms with E-state index in [2.05, 4.69) is 5.32 Å². The van der Waals surface area contributed by atoms with Crippen LogP contribution in [0.5, 0.6) is 0 Å². The molecule has 150 valence electrons. The topological polar surface area (TPSA) is 92.8 Å². The zero-order valence-corrected chi connectivity index (χ0v) is 15.7. The first kappa shape index (κ1) is 20.0. The summed E-state index contributed by atoms with van der Waals surface area (Å²) in [5, 5.41) is 2.79. The number of imide groups is 1. The van der Waals surface area contributed by atoms with Crippen LogP contribution in [-0.2, 0) is 14.3 Å². The number of amides is 3. The standard InChI is InChI=1S/C20H23FN2O5/c1-13(17(25)14-6-8-15(21)9-7-14)28-16(24)5-4-12-23-18(26)20(22-19(23)27)10-2-3-11-20/h6-9,13H,2-5,10-12H2,1H3,(H,22,27)/t13-/m0/s1. The van der Waals surface area contributed by atoms with E-state index in [1.54, 1.807) is 0 Å². The zero-order valence-electron chi connectivity index (χ0n) is 15.7. The number of urea groups is 1. The molecule has 1 saturated heterocycles. The minimum absolute atomic E-state index is 0.0227. The van der Waals surface area contributed by atoms with Crippen LogP contribution in [0.3, 0.4) is 0 Å². The number of rotatable bonds is 7. The van der Waals surface area contributed by atoms with E-state index < -0.39 is 35.2 Å². The number of nitrogens with zero attached hydrogens (tertiary/aromatic N) is 1. The van der Waals surface area contributed by atoms with Gasteiger partial charge in [-0.3, -0.25) is 19.3 Å². The lowest BCUT2D eigenvalue weighted by Gasteiger charge is -2.20. The van der Waals surface area contributed by atoms with Crippen molar-refractivity contribution in [3.8, 4) is 0 Å². The van der Waals surface area contributed by atoms with Gasteiger partial charge in [0.05, 0.1) is 0 Å². The van der Waals surface area contributed by atoms with Gasteiger partial charge in [0.2, 0.25) is 5.78 Å². The van der Waals surface area contributed by atoms with Gasteiger partial charge in [-0.15, -0.1) is 0 Å². The Bertz CT molecular complexity index is 786. The fourth-order valence-corrected chi connectivity index (χ4v) is 3.74. The molecule has 2 aliphatic rings. The van der Waals surface area contributed by atoms with Gasteiger partial charge in [-0.05, 0) is 50.5 Å². The van der Waals surface area contributed by atoms with Gasteiger partial charge in [0.1, 0.15) is 11.4 Å². The number of hydrogen-bond donors (Lipinski definition) is 1. The Morgan fingerprint density at radius 3 is 2.50 bits per heavy atom. The molecule has 1 N–H and O–H groups in total. The van der Waals surface area contributed by atoms with Crippen LogP contribution in [0.25, 0.3) is 0 Å². The van der Waals surface area contributed by atoms with E-state index >= 15 is 0 Å². The Balaban J connectivity index is 1.45. The average molecular weight is 390 g/mol. The van der Waals surface area contributed by atoms with E-state index in [0.29, 0.717) is 12.8 Å². The van der Waals surface area contributed by atoms with Gasteiger partial charge in [-0.1, -0.05) is 12.8 Å². The highest BCUT2D eigenvalue weighted by Gasteiger charge is 2.52. The molecule has 1 atom stereocenters. The van der Waals surface area contributed by atoms with Crippen molar-refractivity contribution in [1.82, 2.24) is 10.2 Å². The van der Waals surface area contributed by atoms with Crippen molar-refractivity contribution in [1.29, 1.82) is 0 Å². The molecule has 3 rings (SSSR count). The maximum atomic E-state index is 12.9. The molecule has 2 fully saturated rings. The third kappa shape index (κ3) is 4.05. The summed E-state index contributed by atoms with van der Waals surface area (Å²) >= 11 is 0. The van der Waals surface area contributed by atoms with Crippen molar-refractivity contribution in [3.05, 3.63) is 35.6 Å². The monoisotopic (exact) mass is 390 g/mol. The first-order chi connectivity index (χ1) is 13.3. The van der Waals surface area contributed by atoms with E-state index in [0.717, 1.165) is 29.9 Å². The molecule has 28 heavy (non-hydrogen) atoms. The SMILES string of the molecule is C[C@H](OC(=O)CCCN1C(=O)NC2(CCCC2)C1=O)C(=O)c1ccc(F)cc1. The number of hydrogen-bond acceptors (Lipinski definition) is 5. The Hall–Kier alpha value is -2.77. The summed E-state index contributed by atoms with van der Waals surface area (Å²) in [5.41, 5.74) is -0.504. The summed E-state index contributed by atoms with van der Waals surface area (Å²) in [7, 11) is 0. The van der Waals surface area contributed by atoms with Gasteiger partial charge < -0.3 is 10.1 Å². The second-order valence-corrected chi connectivity index (χ2v) is 7.28. The van der Waals surface area contributed by atoms with Gasteiger partial charge in [0.15, 0.2) is 6.10 Å². The van der Waals surface area contributed by atoms with Gasteiger partial charge in [-0.2, -0.15) is 0 Å². The fraction of sp³-hybridized carbons (Fsp3) is 0.500. The Kier molecular flexibility index (Phi) is 5.76. The number of carbonyl (C=O) groups is 4. The molecule has 1 aliphatic carbocycles. The highest BCUT2D eigenvalue weighted by molar-refractivity contribution is 6.07. The van der Waals surface area contributed by atoms with Crippen molar-refractivity contribution in [2.45, 2.75) is 57.1 Å². The number of carbonyl (C=O) groups excluding carboxylic acids is 4. The largest absolute Gasteiger partial charge is 0.454 e. The van der Waals surface area contributed by atoms with Crippen LogP contribution in [0.15, 0.2) is 24.3 Å². The third-order valence-electron chi connectivity index (χ3n) is 5.27. The van der Waals surface area contributed by atoms with E-state index in [4.69, 9.17) is 4.74 Å². The predicted octanol–water partition coefficient (Wildman–Crippen LogP) is 2.58. The van der Waals surface area contributed by atoms with Crippen LogP contribution < -0.4 is 5.32 Å². The minimum atomic E-state index is -1.00. The van der Waals surface area contributed by atoms with E-state index in [1.165, 1.54) is 19.1 Å². The van der Waals surface area contributed by atoms with Crippen LogP contribution in [0, 0.1) is 5.82 Å². The normalized spacial score (nSPS) is 19.0. The Labute approximate surface area is 162 Å². The van der Waals surface area contributed by atoms with E-state index in [9.17, 15) is 23.6 Å². The lowest BCUT2D eigenvalue weighted by molar-refractivity contribution is -0.146. The summed E-state index contributed by atoms with van der Waals surface area (Å²) in [6, 6.07) is 4.57. The first-order valence-corrected chi connectivity index (χ1v) is 9.46. The number of nitrogens with one attached hydrogen (secondary N) is 1. The van der Waals surface area contributed by atoms with Crippen molar-refractivity contribution < 1.29 is 28.3 Å². The summed E-state index contributed by atoms with van der Waals surface area (Å²) in [5.74, 6) is -1.69. The maximum absolute atomic E-state index is 12.9. The highest BCUT2D eigenvalue weighted by Crippen LogP contribution is 2.35. The highest BCUT2D eigenvalue weighted by atomic mass is 19.1. The first-order valence-electron chi connectivity index (χ1n) is 9.46. The Morgan fingerprint density at radius 1 is 1.21 bits per heavy atom. The van der Waals surface area contributed by atoms with Crippen LogP contribution in [0.4, 0.5) is 9.18 Å². The Morgan fingerprint density at radius 2 is 1.86 bits per heavy atom. The quantitative estimate of drug-likeness (QED) is 0.439. The second kappa shape index (κ2) is 8.08. The molecular weight excluding hydrogens is 367 g/mol. The molecule has 1 saturated carbocycles. The number of benzene rings is 1. The van der Waals surface area contributed by atoms with Crippen LogP contribution >= 0.6 is 0 Å². The number of ketones is 1. The molecule has 0 unspecified atom stereocenters. The van der Waals surface area contributed by atoms with Crippen LogP contribution in [0.2, 0.25) is 0 Å². The van der Waals surface area contributed by atoms with Crippen molar-refractivity contribution in [3.63, 3.8) is 0 Å². The van der Waals surface area contributed by atoms with Crippen molar-refractivity contribution in [2.24, 2.45) is 0 Å². The third-order valence-corrected chi connectivity index (χ3v) is 5.27. The molecule has 7 nitrogen and oxygen atoms in total. The molecule has 1 heterocycles. The predicted molar refractivity (Wildman–Crippen MR) is 97.0 cm³/mol. The number of halogens is 1.